The third-order valence-corrected chi connectivity index (χ3v) is 7.64. The molecule has 4 atom stereocenters. The van der Waals surface area contributed by atoms with Crippen LogP contribution in [0.3, 0.4) is 0 Å². The van der Waals surface area contributed by atoms with Crippen LogP contribution in [-0.4, -0.2) is 44.5 Å². The second-order valence-corrected chi connectivity index (χ2v) is 9.66. The highest BCUT2D eigenvalue weighted by atomic mass is 16.7. The Labute approximate surface area is 219 Å². The van der Waals surface area contributed by atoms with Crippen molar-refractivity contribution in [3.63, 3.8) is 0 Å². The standard InChI is InChI=1S/C29H27NO8/c1-14(31)15-5-4-6-17(7-15)30-27-19-11-22-21(37-13-38-22)10-18(19)25(26-20(27)12-36-29(26)33)16-8-23(34-2)28(32)24(9-16)35-3/h4-11,20,25-27,30,32H,12-13H2,1-3H3. The van der Waals surface area contributed by atoms with Crippen LogP contribution in [0.1, 0.15) is 45.9 Å². The van der Waals surface area contributed by atoms with Gasteiger partial charge in [-0.05, 0) is 60.0 Å². The van der Waals surface area contributed by atoms with Crippen LogP contribution in [0.5, 0.6) is 28.7 Å². The molecule has 0 radical (unpaired) electrons. The van der Waals surface area contributed by atoms with Crippen molar-refractivity contribution in [3.8, 4) is 28.7 Å². The Morgan fingerprint density at radius 2 is 1.66 bits per heavy atom. The fraction of sp³-hybridized carbons (Fsp3) is 0.310. The number of hydrogen-bond acceptors (Lipinski definition) is 9. The minimum atomic E-state index is -0.532. The van der Waals surface area contributed by atoms with Gasteiger partial charge in [-0.1, -0.05) is 12.1 Å². The molecule has 0 bridgehead atoms. The third-order valence-electron chi connectivity index (χ3n) is 7.64. The van der Waals surface area contributed by atoms with Crippen LogP contribution < -0.4 is 24.3 Å². The quantitative estimate of drug-likeness (QED) is 0.362. The summed E-state index contributed by atoms with van der Waals surface area (Å²) in [5, 5.41) is 14.1. The van der Waals surface area contributed by atoms with E-state index < -0.39 is 11.8 Å². The lowest BCUT2D eigenvalue weighted by Crippen LogP contribution is -2.37. The number of nitrogens with one attached hydrogen (secondary N) is 1. The van der Waals surface area contributed by atoms with E-state index in [1.807, 2.05) is 30.3 Å². The van der Waals surface area contributed by atoms with E-state index in [0.29, 0.717) is 17.1 Å². The molecule has 38 heavy (non-hydrogen) atoms. The van der Waals surface area contributed by atoms with Gasteiger partial charge in [0.2, 0.25) is 12.5 Å². The van der Waals surface area contributed by atoms with Gasteiger partial charge in [0.25, 0.3) is 0 Å². The maximum Gasteiger partial charge on any atom is 0.310 e. The zero-order valence-corrected chi connectivity index (χ0v) is 21.1. The van der Waals surface area contributed by atoms with Gasteiger partial charge in [-0.2, -0.15) is 0 Å². The molecule has 0 amide bonds. The van der Waals surface area contributed by atoms with Crippen LogP contribution in [-0.2, 0) is 9.53 Å². The molecule has 0 saturated carbocycles. The molecule has 2 heterocycles. The van der Waals surface area contributed by atoms with Crippen molar-refractivity contribution in [1.82, 2.24) is 0 Å². The highest BCUT2D eigenvalue weighted by molar-refractivity contribution is 5.95. The Kier molecular flexibility index (Phi) is 5.78. The van der Waals surface area contributed by atoms with Crippen LogP contribution in [0.25, 0.3) is 0 Å². The molecule has 3 aliphatic rings. The van der Waals surface area contributed by atoms with Gasteiger partial charge in [-0.25, -0.2) is 0 Å². The monoisotopic (exact) mass is 517 g/mol. The topological polar surface area (TPSA) is 113 Å². The van der Waals surface area contributed by atoms with Crippen molar-refractivity contribution in [2.45, 2.75) is 18.9 Å². The molecule has 9 nitrogen and oxygen atoms in total. The second kappa shape index (κ2) is 9.16. The first-order chi connectivity index (χ1) is 18.4. The molecule has 3 aromatic carbocycles. The molecule has 2 N–H and O–H groups in total. The molecule has 3 aromatic rings. The van der Waals surface area contributed by atoms with Crippen LogP contribution in [0.2, 0.25) is 0 Å². The van der Waals surface area contributed by atoms with Gasteiger partial charge in [-0.3, -0.25) is 9.59 Å². The molecular formula is C29H27NO8. The summed E-state index contributed by atoms with van der Waals surface area (Å²) >= 11 is 0. The number of benzene rings is 3. The normalized spacial score (nSPS) is 22.8. The Morgan fingerprint density at radius 1 is 0.974 bits per heavy atom. The maximum atomic E-state index is 13.3. The van der Waals surface area contributed by atoms with Crippen LogP contribution in [0.4, 0.5) is 5.69 Å². The fourth-order valence-electron chi connectivity index (χ4n) is 5.85. The van der Waals surface area contributed by atoms with E-state index in [-0.39, 0.29) is 54.4 Å². The highest BCUT2D eigenvalue weighted by Crippen LogP contribution is 2.56. The summed E-state index contributed by atoms with van der Waals surface area (Å²) in [4.78, 5) is 25.3. The zero-order valence-electron chi connectivity index (χ0n) is 21.1. The number of phenols is 1. The third kappa shape index (κ3) is 3.77. The van der Waals surface area contributed by atoms with E-state index in [9.17, 15) is 14.7 Å². The minimum Gasteiger partial charge on any atom is -0.502 e. The van der Waals surface area contributed by atoms with Gasteiger partial charge < -0.3 is 34.1 Å². The number of ketones is 1. The van der Waals surface area contributed by atoms with Crippen LogP contribution in [0, 0.1) is 11.8 Å². The number of fused-ring (bicyclic) bond motifs is 3. The van der Waals surface area contributed by atoms with Crippen molar-refractivity contribution in [1.29, 1.82) is 0 Å². The Balaban J connectivity index is 1.54. The number of cyclic esters (lactones) is 1. The molecular weight excluding hydrogens is 490 g/mol. The molecule has 0 aromatic heterocycles. The summed E-state index contributed by atoms with van der Waals surface area (Å²) in [7, 11) is 2.93. The summed E-state index contributed by atoms with van der Waals surface area (Å²) in [5.74, 6) is 0.0525. The summed E-state index contributed by atoms with van der Waals surface area (Å²) in [5.41, 5.74) is 3.88. The predicted octanol–water partition coefficient (Wildman–Crippen LogP) is 4.43. The van der Waals surface area contributed by atoms with Gasteiger partial charge in [0, 0.05) is 23.1 Å². The van der Waals surface area contributed by atoms with Gasteiger partial charge in [0.1, 0.15) is 0 Å². The Bertz CT molecular complexity index is 1430. The molecule has 6 rings (SSSR count). The van der Waals surface area contributed by atoms with Crippen LogP contribution in [0.15, 0.2) is 48.5 Å². The zero-order chi connectivity index (χ0) is 26.6. The smallest absolute Gasteiger partial charge is 0.310 e. The SMILES string of the molecule is COc1cc(C2c3cc4c(cc3C(Nc3cccc(C(C)=O)c3)C3COC(=O)C23)OCO4)cc(OC)c1O. The van der Waals surface area contributed by atoms with Gasteiger partial charge in [0.15, 0.2) is 28.8 Å². The van der Waals surface area contributed by atoms with Crippen molar-refractivity contribution >= 4 is 17.4 Å². The Hall–Kier alpha value is -4.40. The predicted molar refractivity (Wildman–Crippen MR) is 136 cm³/mol. The van der Waals surface area contributed by atoms with Crippen LogP contribution >= 0.6 is 0 Å². The highest BCUT2D eigenvalue weighted by Gasteiger charge is 2.52. The summed E-state index contributed by atoms with van der Waals surface area (Å²) in [6.45, 7) is 1.86. The van der Waals surface area contributed by atoms with Gasteiger partial charge in [0.05, 0.1) is 32.8 Å². The second-order valence-electron chi connectivity index (χ2n) is 9.66. The lowest BCUT2D eigenvalue weighted by Gasteiger charge is -2.40. The molecule has 9 heteroatoms. The molecule has 4 unspecified atom stereocenters. The number of carbonyl (C=O) groups is 2. The molecule has 196 valence electrons. The average Bonchev–Trinajstić information content (AvgIpc) is 3.54. The first-order valence-corrected chi connectivity index (χ1v) is 12.3. The number of hydrogen-bond donors (Lipinski definition) is 2. The number of phenolic OH excluding ortho intramolecular Hbond substituents is 1. The molecule has 1 aliphatic carbocycles. The number of ether oxygens (including phenoxy) is 5. The lowest BCUT2D eigenvalue weighted by molar-refractivity contribution is -0.141. The van der Waals surface area contributed by atoms with Gasteiger partial charge in [-0.15, -0.1) is 0 Å². The minimum absolute atomic E-state index is 0.0337. The number of methoxy groups -OCH3 is 2. The van der Waals surface area contributed by atoms with Crippen molar-refractivity contribution in [2.75, 3.05) is 32.9 Å². The fourth-order valence-corrected chi connectivity index (χ4v) is 5.85. The van der Waals surface area contributed by atoms with E-state index in [4.69, 9.17) is 23.7 Å². The summed E-state index contributed by atoms with van der Waals surface area (Å²) in [6, 6.07) is 14.3. The van der Waals surface area contributed by atoms with E-state index in [1.54, 1.807) is 18.2 Å². The summed E-state index contributed by atoms with van der Waals surface area (Å²) in [6.07, 6.45) is 0. The number of anilines is 1. The largest absolute Gasteiger partial charge is 0.502 e. The number of Topliss-reactive ketones (excluding diaryl/α,β-unsaturated/α-hetero) is 1. The number of esters is 1. The maximum absolute atomic E-state index is 13.3. The van der Waals surface area contributed by atoms with E-state index in [0.717, 1.165) is 22.4 Å². The number of rotatable bonds is 6. The van der Waals surface area contributed by atoms with Crippen molar-refractivity contribution in [2.24, 2.45) is 11.8 Å². The average molecular weight is 518 g/mol. The molecule has 0 spiro atoms. The number of carbonyl (C=O) groups excluding carboxylic acids is 2. The molecule has 1 saturated heterocycles. The first-order valence-electron chi connectivity index (χ1n) is 12.3. The Morgan fingerprint density at radius 3 is 2.32 bits per heavy atom. The molecule has 2 aliphatic heterocycles. The summed E-state index contributed by atoms with van der Waals surface area (Å²) < 4.78 is 27.9. The van der Waals surface area contributed by atoms with Crippen molar-refractivity contribution < 1.29 is 38.4 Å². The van der Waals surface area contributed by atoms with E-state index in [1.165, 1.54) is 21.1 Å². The van der Waals surface area contributed by atoms with Crippen molar-refractivity contribution in [3.05, 3.63) is 70.8 Å². The number of aromatic hydroxyl groups is 1. The first kappa shape index (κ1) is 24.0. The lowest BCUT2D eigenvalue weighted by atomic mass is 9.65. The van der Waals surface area contributed by atoms with E-state index in [2.05, 4.69) is 5.32 Å². The molecule has 1 fully saturated rings. The van der Waals surface area contributed by atoms with E-state index >= 15 is 0 Å². The van der Waals surface area contributed by atoms with Gasteiger partial charge >= 0.3 is 5.97 Å².